The molecule has 1 heterocycles. The largest absolute Gasteiger partial charge is 0.257 e. The van der Waals surface area contributed by atoms with Gasteiger partial charge in [-0.05, 0) is 45.4 Å². The number of rotatable bonds is 2. The second kappa shape index (κ2) is 5.46. The van der Waals surface area contributed by atoms with Crippen LogP contribution in [0, 0.1) is 39.0 Å². The third-order valence-electron chi connectivity index (χ3n) is 2.95. The van der Waals surface area contributed by atoms with Gasteiger partial charge < -0.3 is 0 Å². The van der Waals surface area contributed by atoms with E-state index in [-0.39, 0.29) is 0 Å². The average Bonchev–Trinajstić information content (AvgIpc) is 2.32. The van der Waals surface area contributed by atoms with E-state index in [9.17, 15) is 5.26 Å². The van der Waals surface area contributed by atoms with Gasteiger partial charge in [0.05, 0.1) is 11.3 Å². The molecule has 2 rings (SSSR count). The number of aryl methyl sites for hydroxylation is 4. The summed E-state index contributed by atoms with van der Waals surface area (Å²) in [7, 11) is 0. The molecule has 0 aliphatic rings. The van der Waals surface area contributed by atoms with Gasteiger partial charge in [-0.3, -0.25) is 4.98 Å². The molecule has 1 aromatic heterocycles. The lowest BCUT2D eigenvalue weighted by Crippen LogP contribution is -1.94. The number of benzene rings is 1. The molecule has 0 radical (unpaired) electrons. The minimum absolute atomic E-state index is 0.676. The van der Waals surface area contributed by atoms with Crippen molar-refractivity contribution in [3.05, 3.63) is 52.3 Å². The molecule has 0 aliphatic heterocycles. The zero-order valence-electron chi connectivity index (χ0n) is 11.6. The third-order valence-corrected chi connectivity index (χ3v) is 4.17. The first kappa shape index (κ1) is 13.6. The molecule has 96 valence electrons. The molecule has 1 aromatic carbocycles. The van der Waals surface area contributed by atoms with Crippen molar-refractivity contribution in [2.75, 3.05) is 0 Å². The van der Waals surface area contributed by atoms with Crippen LogP contribution in [0.15, 0.2) is 34.1 Å². The molecule has 19 heavy (non-hydrogen) atoms. The molecular formula is C16H16N2S. The lowest BCUT2D eigenvalue weighted by atomic mass is 10.2. The first-order valence-corrected chi connectivity index (χ1v) is 6.96. The van der Waals surface area contributed by atoms with E-state index in [2.05, 4.69) is 43.1 Å². The van der Waals surface area contributed by atoms with E-state index in [0.717, 1.165) is 16.3 Å². The van der Waals surface area contributed by atoms with E-state index in [0.29, 0.717) is 5.56 Å². The first-order valence-electron chi connectivity index (χ1n) is 6.14. The summed E-state index contributed by atoms with van der Waals surface area (Å²) in [6.07, 6.45) is 0. The minimum atomic E-state index is 0.676. The van der Waals surface area contributed by atoms with Gasteiger partial charge in [0.2, 0.25) is 0 Å². The SMILES string of the molecule is Cc1ccc(Sc2cc(C)nc(C)c2C#N)c(C)c1. The number of nitriles is 1. The molecule has 0 bridgehead atoms. The summed E-state index contributed by atoms with van der Waals surface area (Å²) in [4.78, 5) is 6.52. The Kier molecular flexibility index (Phi) is 3.92. The zero-order chi connectivity index (χ0) is 14.0. The second-order valence-corrected chi connectivity index (χ2v) is 5.79. The molecule has 0 spiro atoms. The maximum Gasteiger partial charge on any atom is 0.102 e. The molecule has 2 aromatic rings. The molecule has 0 aliphatic carbocycles. The van der Waals surface area contributed by atoms with E-state index in [1.165, 1.54) is 16.0 Å². The van der Waals surface area contributed by atoms with Gasteiger partial charge in [0.1, 0.15) is 6.07 Å². The van der Waals surface area contributed by atoms with Crippen LogP contribution in [-0.2, 0) is 0 Å². The minimum Gasteiger partial charge on any atom is -0.257 e. The molecule has 0 unspecified atom stereocenters. The maximum atomic E-state index is 9.28. The Labute approximate surface area is 118 Å². The smallest absolute Gasteiger partial charge is 0.102 e. The Morgan fingerprint density at radius 1 is 1.05 bits per heavy atom. The molecule has 0 N–H and O–H groups in total. The van der Waals surface area contributed by atoms with Crippen molar-refractivity contribution >= 4 is 11.8 Å². The summed E-state index contributed by atoms with van der Waals surface area (Å²) < 4.78 is 0. The highest BCUT2D eigenvalue weighted by Crippen LogP contribution is 2.33. The van der Waals surface area contributed by atoms with Crippen LogP contribution in [0.25, 0.3) is 0 Å². The number of hydrogen-bond acceptors (Lipinski definition) is 3. The van der Waals surface area contributed by atoms with Crippen LogP contribution in [-0.4, -0.2) is 4.98 Å². The lowest BCUT2D eigenvalue weighted by molar-refractivity contribution is 1.07. The molecule has 0 saturated carbocycles. The fourth-order valence-corrected chi connectivity index (χ4v) is 3.16. The molecule has 0 fully saturated rings. The van der Waals surface area contributed by atoms with Crippen molar-refractivity contribution in [3.8, 4) is 6.07 Å². The standard InChI is InChI=1S/C16H16N2S/c1-10-5-6-15(11(2)7-10)19-16-8-12(3)18-13(4)14(16)9-17/h5-8H,1-4H3. The van der Waals surface area contributed by atoms with Gasteiger partial charge in [-0.2, -0.15) is 5.26 Å². The monoisotopic (exact) mass is 268 g/mol. The fourth-order valence-electron chi connectivity index (χ4n) is 2.04. The van der Waals surface area contributed by atoms with E-state index in [1.807, 2.05) is 19.9 Å². The third kappa shape index (κ3) is 2.97. The number of hydrogen-bond donors (Lipinski definition) is 0. The molecule has 3 heteroatoms. The van der Waals surface area contributed by atoms with E-state index in [1.54, 1.807) is 11.8 Å². The highest BCUT2D eigenvalue weighted by atomic mass is 32.2. The molecule has 2 nitrogen and oxygen atoms in total. The highest BCUT2D eigenvalue weighted by molar-refractivity contribution is 7.99. The normalized spacial score (nSPS) is 10.3. The van der Waals surface area contributed by atoms with Gasteiger partial charge in [0, 0.05) is 15.5 Å². The predicted octanol–water partition coefficient (Wildman–Crippen LogP) is 4.34. The van der Waals surface area contributed by atoms with Crippen LogP contribution in [0.4, 0.5) is 0 Å². The van der Waals surface area contributed by atoms with Gasteiger partial charge in [-0.15, -0.1) is 0 Å². The number of pyridine rings is 1. The topological polar surface area (TPSA) is 36.7 Å². The number of aromatic nitrogens is 1. The Hall–Kier alpha value is -1.79. The Morgan fingerprint density at radius 2 is 1.79 bits per heavy atom. The van der Waals surface area contributed by atoms with Crippen molar-refractivity contribution in [3.63, 3.8) is 0 Å². The van der Waals surface area contributed by atoms with Crippen LogP contribution in [0.5, 0.6) is 0 Å². The van der Waals surface area contributed by atoms with Gasteiger partial charge >= 0.3 is 0 Å². The quantitative estimate of drug-likeness (QED) is 0.813. The van der Waals surface area contributed by atoms with Crippen molar-refractivity contribution < 1.29 is 0 Å². The summed E-state index contributed by atoms with van der Waals surface area (Å²) in [5, 5.41) is 9.28. The summed E-state index contributed by atoms with van der Waals surface area (Å²) in [6, 6.07) is 10.6. The van der Waals surface area contributed by atoms with Gasteiger partial charge in [0.15, 0.2) is 0 Å². The lowest BCUT2D eigenvalue weighted by Gasteiger charge is -2.10. The molecular weight excluding hydrogens is 252 g/mol. The van der Waals surface area contributed by atoms with Crippen LogP contribution >= 0.6 is 11.8 Å². The zero-order valence-corrected chi connectivity index (χ0v) is 12.4. The van der Waals surface area contributed by atoms with E-state index < -0.39 is 0 Å². The van der Waals surface area contributed by atoms with Crippen molar-refractivity contribution in [1.29, 1.82) is 5.26 Å². The van der Waals surface area contributed by atoms with Gasteiger partial charge in [0.25, 0.3) is 0 Å². The second-order valence-electron chi connectivity index (χ2n) is 4.71. The summed E-state index contributed by atoms with van der Waals surface area (Å²) >= 11 is 1.64. The van der Waals surface area contributed by atoms with Crippen LogP contribution in [0.2, 0.25) is 0 Å². The van der Waals surface area contributed by atoms with Crippen molar-refractivity contribution in [1.82, 2.24) is 4.98 Å². The summed E-state index contributed by atoms with van der Waals surface area (Å²) in [5.41, 5.74) is 4.92. The summed E-state index contributed by atoms with van der Waals surface area (Å²) in [5.74, 6) is 0. The van der Waals surface area contributed by atoms with Crippen LogP contribution in [0.1, 0.15) is 28.1 Å². The fraction of sp³-hybridized carbons (Fsp3) is 0.250. The van der Waals surface area contributed by atoms with Crippen LogP contribution in [0.3, 0.4) is 0 Å². The van der Waals surface area contributed by atoms with Gasteiger partial charge in [-0.25, -0.2) is 0 Å². The summed E-state index contributed by atoms with van der Waals surface area (Å²) in [6.45, 7) is 8.03. The Bertz CT molecular complexity index is 669. The predicted molar refractivity (Wildman–Crippen MR) is 78.5 cm³/mol. The number of nitrogens with zero attached hydrogens (tertiary/aromatic N) is 2. The average molecular weight is 268 g/mol. The Balaban J connectivity index is 2.46. The van der Waals surface area contributed by atoms with Crippen molar-refractivity contribution in [2.24, 2.45) is 0 Å². The van der Waals surface area contributed by atoms with Crippen molar-refractivity contribution in [2.45, 2.75) is 37.5 Å². The van der Waals surface area contributed by atoms with Crippen LogP contribution < -0.4 is 0 Å². The van der Waals surface area contributed by atoms with E-state index in [4.69, 9.17) is 0 Å². The van der Waals surface area contributed by atoms with Gasteiger partial charge in [-0.1, -0.05) is 29.5 Å². The molecule has 0 amide bonds. The molecule has 0 atom stereocenters. The maximum absolute atomic E-state index is 9.28. The highest BCUT2D eigenvalue weighted by Gasteiger charge is 2.10. The van der Waals surface area contributed by atoms with E-state index >= 15 is 0 Å². The molecule has 0 saturated heterocycles. The first-order chi connectivity index (χ1) is 9.01. The Morgan fingerprint density at radius 3 is 2.42 bits per heavy atom.